The first-order valence-electron chi connectivity index (χ1n) is 22.6. The maximum absolute atomic E-state index is 6.66. The van der Waals surface area contributed by atoms with Crippen molar-refractivity contribution >= 4 is 87.0 Å². The van der Waals surface area contributed by atoms with Crippen molar-refractivity contribution < 1.29 is 4.42 Å². The van der Waals surface area contributed by atoms with E-state index in [0.29, 0.717) is 5.95 Å². The highest BCUT2D eigenvalue weighted by atomic mass is 16.3. The lowest BCUT2D eigenvalue weighted by atomic mass is 9.96. The van der Waals surface area contributed by atoms with Crippen molar-refractivity contribution in [2.75, 3.05) is 0 Å². The van der Waals surface area contributed by atoms with Crippen LogP contribution in [0.4, 0.5) is 0 Å². The monoisotopic (exact) mass is 837 g/mol. The van der Waals surface area contributed by atoms with Crippen LogP contribution >= 0.6 is 0 Å². The Balaban J connectivity index is 0.918. The first-order valence-corrected chi connectivity index (χ1v) is 22.6. The van der Waals surface area contributed by atoms with E-state index < -0.39 is 0 Å². The van der Waals surface area contributed by atoms with Crippen LogP contribution < -0.4 is 0 Å². The molecule has 1 aliphatic carbocycles. The van der Waals surface area contributed by atoms with Gasteiger partial charge in [-0.15, -0.1) is 0 Å². The molecule has 0 atom stereocenters. The summed E-state index contributed by atoms with van der Waals surface area (Å²) in [4.78, 5) is 10.8. The third-order valence-corrected chi connectivity index (χ3v) is 14.1. The van der Waals surface area contributed by atoms with E-state index in [4.69, 9.17) is 14.4 Å². The van der Waals surface area contributed by atoms with Gasteiger partial charge in [-0.2, -0.15) is 0 Å². The molecule has 1 aliphatic rings. The van der Waals surface area contributed by atoms with Gasteiger partial charge in [0.2, 0.25) is 5.95 Å². The Morgan fingerprint density at radius 3 is 1.79 bits per heavy atom. The van der Waals surface area contributed by atoms with Gasteiger partial charge in [0.05, 0.1) is 22.2 Å². The predicted molar refractivity (Wildman–Crippen MR) is 274 cm³/mol. The molecule has 3 heterocycles. The van der Waals surface area contributed by atoms with Gasteiger partial charge in [-0.3, -0.25) is 4.57 Å². The van der Waals surface area contributed by atoms with Gasteiger partial charge in [0.1, 0.15) is 11.2 Å². The summed E-state index contributed by atoms with van der Waals surface area (Å²) in [6, 6.07) is 76.6. The van der Waals surface area contributed by atoms with E-state index in [1.165, 1.54) is 71.1 Å². The summed E-state index contributed by atoms with van der Waals surface area (Å²) < 4.78 is 8.92. The number of nitrogens with zero attached hydrogens (tertiary/aromatic N) is 3. The number of rotatable bonds is 4. The molecule has 3 aromatic heterocycles. The van der Waals surface area contributed by atoms with Gasteiger partial charge in [0.15, 0.2) is 0 Å². The van der Waals surface area contributed by atoms with Crippen molar-refractivity contribution in [3.05, 3.63) is 212 Å². The third kappa shape index (κ3) is 4.98. The van der Waals surface area contributed by atoms with E-state index in [1.54, 1.807) is 0 Å². The van der Waals surface area contributed by atoms with Crippen LogP contribution in [-0.2, 0) is 0 Å². The molecule has 0 saturated carbocycles. The Morgan fingerprint density at radius 2 is 0.924 bits per heavy atom. The number of hydrogen-bond acceptors (Lipinski definition) is 3. The Bertz CT molecular complexity index is 4400. The molecule has 0 spiro atoms. The molecule has 304 valence electrons. The molecule has 0 saturated heterocycles. The molecule has 4 nitrogen and oxygen atoms in total. The third-order valence-electron chi connectivity index (χ3n) is 14.1. The second-order valence-corrected chi connectivity index (χ2v) is 17.6. The van der Waals surface area contributed by atoms with Crippen molar-refractivity contribution in [3.63, 3.8) is 0 Å². The lowest BCUT2D eigenvalue weighted by Crippen LogP contribution is -2.03. The maximum Gasteiger partial charge on any atom is 0.235 e. The van der Waals surface area contributed by atoms with E-state index in [9.17, 15) is 0 Å². The highest BCUT2D eigenvalue weighted by Crippen LogP contribution is 2.51. The average molecular weight is 838 g/mol. The molecular formula is C62H35N3O. The molecule has 0 radical (unpaired) electrons. The van der Waals surface area contributed by atoms with Crippen LogP contribution in [0.3, 0.4) is 0 Å². The van der Waals surface area contributed by atoms with Crippen LogP contribution in [0.5, 0.6) is 0 Å². The number of benzene rings is 11. The molecule has 14 aromatic rings. The van der Waals surface area contributed by atoms with Gasteiger partial charge in [-0.05, 0) is 119 Å². The van der Waals surface area contributed by atoms with Crippen molar-refractivity contribution in [2.45, 2.75) is 0 Å². The van der Waals surface area contributed by atoms with Gasteiger partial charge in [-0.25, -0.2) is 9.97 Å². The number of para-hydroxylation sites is 1. The summed E-state index contributed by atoms with van der Waals surface area (Å²) in [5, 5.41) is 13.0. The number of hydrogen-bond donors (Lipinski definition) is 0. The van der Waals surface area contributed by atoms with Crippen molar-refractivity contribution in [1.29, 1.82) is 0 Å². The number of fused-ring (bicyclic) bond motifs is 14. The fourth-order valence-corrected chi connectivity index (χ4v) is 11.2. The second-order valence-electron chi connectivity index (χ2n) is 17.6. The number of furan rings is 1. The van der Waals surface area contributed by atoms with E-state index in [1.807, 2.05) is 0 Å². The smallest absolute Gasteiger partial charge is 0.235 e. The predicted octanol–water partition coefficient (Wildman–Crippen LogP) is 16.7. The van der Waals surface area contributed by atoms with Gasteiger partial charge in [0.25, 0.3) is 0 Å². The van der Waals surface area contributed by atoms with Crippen LogP contribution in [0.15, 0.2) is 217 Å². The fraction of sp³-hybridized carbons (Fsp3) is 0. The van der Waals surface area contributed by atoms with Gasteiger partial charge < -0.3 is 4.42 Å². The summed E-state index contributed by atoms with van der Waals surface area (Å²) in [6.45, 7) is 0. The molecule has 0 N–H and O–H groups in total. The molecule has 0 fully saturated rings. The van der Waals surface area contributed by atoms with Crippen LogP contribution in [0.25, 0.3) is 149 Å². The lowest BCUT2D eigenvalue weighted by Gasteiger charge is -2.13. The Labute approximate surface area is 378 Å². The minimum Gasteiger partial charge on any atom is -0.456 e. The highest BCUT2D eigenvalue weighted by molar-refractivity contribution is 6.28. The van der Waals surface area contributed by atoms with Crippen molar-refractivity contribution in [3.8, 4) is 61.7 Å². The van der Waals surface area contributed by atoms with E-state index in [2.05, 4.69) is 217 Å². The van der Waals surface area contributed by atoms with Crippen LogP contribution in [0.1, 0.15) is 0 Å². The van der Waals surface area contributed by atoms with Crippen LogP contribution in [0.2, 0.25) is 0 Å². The zero-order chi connectivity index (χ0) is 43.0. The molecule has 15 rings (SSSR count). The highest BCUT2D eigenvalue weighted by Gasteiger charge is 2.25. The number of aromatic nitrogens is 3. The minimum atomic E-state index is 0.640. The molecule has 66 heavy (non-hydrogen) atoms. The van der Waals surface area contributed by atoms with Crippen LogP contribution in [-0.4, -0.2) is 14.5 Å². The molecular weight excluding hydrogens is 803 g/mol. The van der Waals surface area contributed by atoms with Crippen LogP contribution in [0, 0.1) is 0 Å². The van der Waals surface area contributed by atoms with E-state index in [-0.39, 0.29) is 0 Å². The second kappa shape index (κ2) is 13.3. The Kier molecular flexibility index (Phi) is 7.19. The molecule has 0 unspecified atom stereocenters. The fourth-order valence-electron chi connectivity index (χ4n) is 11.2. The molecule has 4 heteroatoms. The summed E-state index contributed by atoms with van der Waals surface area (Å²) >= 11 is 0. The van der Waals surface area contributed by atoms with Crippen molar-refractivity contribution in [2.24, 2.45) is 0 Å². The van der Waals surface area contributed by atoms with Crippen molar-refractivity contribution in [1.82, 2.24) is 14.5 Å². The maximum atomic E-state index is 6.66. The SMILES string of the molecule is c1ccc2c(c1)-c1cccc3c1c-2cc1oc2ccc(-c4ccc5c(c4)c4c6ccccc6ccc4n5-c4nc(-c5ccc(-c6cccc7ccccc67)cc5)c5ccccc5n4)cc2c13. The normalized spacial score (nSPS) is 12.2. The minimum absolute atomic E-state index is 0.640. The molecule has 0 amide bonds. The average Bonchev–Trinajstić information content (AvgIpc) is 4.04. The summed E-state index contributed by atoms with van der Waals surface area (Å²) in [5.74, 6) is 0.640. The molecule has 0 aliphatic heterocycles. The van der Waals surface area contributed by atoms with E-state index in [0.717, 1.165) is 71.6 Å². The van der Waals surface area contributed by atoms with Gasteiger partial charge in [-0.1, -0.05) is 170 Å². The Hall–Kier alpha value is -8.86. The van der Waals surface area contributed by atoms with Gasteiger partial charge in [0, 0.05) is 32.5 Å². The summed E-state index contributed by atoms with van der Waals surface area (Å²) in [5.41, 5.74) is 16.5. The molecule has 11 aromatic carbocycles. The van der Waals surface area contributed by atoms with Gasteiger partial charge >= 0.3 is 0 Å². The lowest BCUT2D eigenvalue weighted by molar-refractivity contribution is 0.669. The van der Waals surface area contributed by atoms with E-state index >= 15 is 0 Å². The zero-order valence-corrected chi connectivity index (χ0v) is 35.5. The first kappa shape index (κ1) is 35.6. The first-order chi connectivity index (χ1) is 32.7. The largest absolute Gasteiger partial charge is 0.456 e. The summed E-state index contributed by atoms with van der Waals surface area (Å²) in [6.07, 6.45) is 0. The quantitative estimate of drug-likeness (QED) is 0.177. The topological polar surface area (TPSA) is 43.9 Å². The standard InChI is InChI=1S/C62H35N3O/c1-3-14-42-36(11-1)13-9-19-43(42)38-23-25-39(26-24-38)61-48-18-7-8-22-53(48)63-62(64-61)65-54-30-28-40(33-51(54)59-44-15-4-2-12-37(44)27-31-55(59)65)41-29-32-56-52(34-41)60-49-21-10-20-47-45-16-5-6-17-46(45)50(58(47)49)35-57(60)66-56/h1-35H. The molecule has 0 bridgehead atoms. The zero-order valence-electron chi connectivity index (χ0n) is 35.5. The summed E-state index contributed by atoms with van der Waals surface area (Å²) in [7, 11) is 0. The Morgan fingerprint density at radius 1 is 0.318 bits per heavy atom.